The maximum atomic E-state index is 5.95. The quantitative estimate of drug-likeness (QED) is 0.607. The summed E-state index contributed by atoms with van der Waals surface area (Å²) in [6.45, 7) is 5.45. The number of aromatic nitrogens is 3. The Hall–Kier alpha value is -2.21. The molecule has 0 bridgehead atoms. The fraction of sp³-hybridized carbons (Fsp3) is 0.300. The molecule has 136 valence electrons. The van der Waals surface area contributed by atoms with Gasteiger partial charge in [0.25, 0.3) is 0 Å². The van der Waals surface area contributed by atoms with Crippen LogP contribution in [0.3, 0.4) is 0 Å². The normalized spacial score (nSPS) is 12.2. The summed E-state index contributed by atoms with van der Waals surface area (Å²) in [5.74, 6) is 0. The number of hydrogen-bond donors (Lipinski definition) is 2. The molecule has 0 spiro atoms. The van der Waals surface area contributed by atoms with Gasteiger partial charge in [0.2, 0.25) is 0 Å². The highest BCUT2D eigenvalue weighted by Crippen LogP contribution is 2.15. The van der Waals surface area contributed by atoms with Gasteiger partial charge in [0, 0.05) is 29.7 Å². The summed E-state index contributed by atoms with van der Waals surface area (Å²) in [7, 11) is 0. The predicted molar refractivity (Wildman–Crippen MR) is 106 cm³/mol. The van der Waals surface area contributed by atoms with Crippen LogP contribution >= 0.6 is 11.6 Å². The van der Waals surface area contributed by atoms with E-state index in [2.05, 4.69) is 27.9 Å². The largest absolute Gasteiger partial charge is 0.315 e. The average molecular weight is 370 g/mol. The minimum atomic E-state index is 0.246. The van der Waals surface area contributed by atoms with Crippen LogP contribution in [0.4, 0.5) is 0 Å². The molecule has 3 rings (SSSR count). The van der Waals surface area contributed by atoms with Crippen molar-refractivity contribution in [3.8, 4) is 11.3 Å². The fourth-order valence-electron chi connectivity index (χ4n) is 2.74. The third-order valence-electron chi connectivity index (χ3n) is 4.16. The molecular formula is C20H24ClN5. The topological polar surface area (TPSA) is 54.8 Å². The molecule has 0 aliphatic rings. The van der Waals surface area contributed by atoms with Crippen molar-refractivity contribution in [1.82, 2.24) is 25.6 Å². The molecule has 0 saturated carbocycles. The van der Waals surface area contributed by atoms with E-state index in [0.717, 1.165) is 42.5 Å². The fourth-order valence-corrected chi connectivity index (χ4v) is 2.86. The molecule has 2 N–H and O–H groups in total. The maximum absolute atomic E-state index is 5.95. The van der Waals surface area contributed by atoms with Crippen LogP contribution in [0.5, 0.6) is 0 Å². The molecule has 0 aliphatic carbocycles. The molecule has 0 saturated heterocycles. The smallest absolute Gasteiger partial charge is 0.113 e. The van der Waals surface area contributed by atoms with Crippen LogP contribution in [0, 0.1) is 0 Å². The van der Waals surface area contributed by atoms with Gasteiger partial charge in [-0.1, -0.05) is 66.2 Å². The van der Waals surface area contributed by atoms with Gasteiger partial charge in [0.15, 0.2) is 0 Å². The number of rotatable bonds is 9. The SMILES string of the molecule is CCNCC(Cn1cc(-c2ccccc2)nn1)NCc1ccc(Cl)cc1. The molecule has 0 radical (unpaired) electrons. The Morgan fingerprint density at radius 2 is 1.85 bits per heavy atom. The van der Waals surface area contributed by atoms with Gasteiger partial charge in [0.1, 0.15) is 5.69 Å². The molecule has 3 aromatic rings. The summed E-state index contributed by atoms with van der Waals surface area (Å²) in [4.78, 5) is 0. The second kappa shape index (κ2) is 9.48. The summed E-state index contributed by atoms with van der Waals surface area (Å²) in [5, 5.41) is 16.3. The summed E-state index contributed by atoms with van der Waals surface area (Å²) in [6, 6.07) is 18.3. The Morgan fingerprint density at radius 1 is 1.08 bits per heavy atom. The molecule has 0 amide bonds. The molecule has 26 heavy (non-hydrogen) atoms. The first kappa shape index (κ1) is 18.6. The van der Waals surface area contributed by atoms with Gasteiger partial charge in [-0.05, 0) is 24.2 Å². The molecule has 1 aromatic heterocycles. The van der Waals surface area contributed by atoms with Crippen LogP contribution in [0.1, 0.15) is 12.5 Å². The number of halogens is 1. The van der Waals surface area contributed by atoms with Crippen molar-refractivity contribution in [2.24, 2.45) is 0 Å². The Morgan fingerprint density at radius 3 is 2.58 bits per heavy atom. The first-order chi connectivity index (χ1) is 12.7. The van der Waals surface area contributed by atoms with Crippen LogP contribution in [0.15, 0.2) is 60.8 Å². The van der Waals surface area contributed by atoms with E-state index in [1.165, 1.54) is 5.56 Å². The second-order valence-electron chi connectivity index (χ2n) is 6.20. The summed E-state index contributed by atoms with van der Waals surface area (Å²) in [5.41, 5.74) is 3.18. The third-order valence-corrected chi connectivity index (χ3v) is 4.42. The van der Waals surface area contributed by atoms with Crippen molar-refractivity contribution in [1.29, 1.82) is 0 Å². The van der Waals surface area contributed by atoms with Crippen molar-refractivity contribution >= 4 is 11.6 Å². The van der Waals surface area contributed by atoms with E-state index in [1.807, 2.05) is 65.5 Å². The highest BCUT2D eigenvalue weighted by molar-refractivity contribution is 6.30. The molecular weight excluding hydrogens is 346 g/mol. The lowest BCUT2D eigenvalue weighted by Crippen LogP contribution is -2.41. The standard InChI is InChI=1S/C20H24ClN5/c1-2-22-13-19(23-12-16-8-10-18(21)11-9-16)14-26-15-20(24-25-26)17-6-4-3-5-7-17/h3-11,15,19,22-23H,2,12-14H2,1H3. The highest BCUT2D eigenvalue weighted by atomic mass is 35.5. The Bertz CT molecular complexity index is 785. The van der Waals surface area contributed by atoms with Gasteiger partial charge < -0.3 is 10.6 Å². The lowest BCUT2D eigenvalue weighted by atomic mass is 10.2. The van der Waals surface area contributed by atoms with Crippen LogP contribution in [0.25, 0.3) is 11.3 Å². The van der Waals surface area contributed by atoms with Crippen molar-refractivity contribution in [3.63, 3.8) is 0 Å². The molecule has 2 aromatic carbocycles. The van der Waals surface area contributed by atoms with E-state index < -0.39 is 0 Å². The molecule has 5 nitrogen and oxygen atoms in total. The first-order valence-corrected chi connectivity index (χ1v) is 9.26. The van der Waals surface area contributed by atoms with E-state index in [-0.39, 0.29) is 6.04 Å². The van der Waals surface area contributed by atoms with Gasteiger partial charge in [-0.25, -0.2) is 0 Å². The Kier molecular flexibility index (Phi) is 6.77. The summed E-state index contributed by atoms with van der Waals surface area (Å²) in [6.07, 6.45) is 2.00. The lowest BCUT2D eigenvalue weighted by Gasteiger charge is -2.19. The van der Waals surface area contributed by atoms with Gasteiger partial charge in [-0.2, -0.15) is 0 Å². The highest BCUT2D eigenvalue weighted by Gasteiger charge is 2.11. The number of benzene rings is 2. The van der Waals surface area contributed by atoms with Crippen LogP contribution in [-0.4, -0.2) is 34.1 Å². The van der Waals surface area contributed by atoms with Crippen LogP contribution in [-0.2, 0) is 13.1 Å². The Balaban J connectivity index is 1.62. The zero-order valence-corrected chi connectivity index (χ0v) is 15.7. The minimum Gasteiger partial charge on any atom is -0.315 e. The van der Waals surface area contributed by atoms with Gasteiger partial charge >= 0.3 is 0 Å². The van der Waals surface area contributed by atoms with Crippen molar-refractivity contribution < 1.29 is 0 Å². The number of nitrogens with zero attached hydrogens (tertiary/aromatic N) is 3. The summed E-state index contributed by atoms with van der Waals surface area (Å²) < 4.78 is 1.90. The molecule has 1 unspecified atom stereocenters. The van der Waals surface area contributed by atoms with Crippen molar-refractivity contribution in [2.45, 2.75) is 26.1 Å². The number of likely N-dealkylation sites (N-methyl/N-ethyl adjacent to an activating group) is 1. The summed E-state index contributed by atoms with van der Waals surface area (Å²) >= 11 is 5.95. The zero-order chi connectivity index (χ0) is 18.2. The van der Waals surface area contributed by atoms with E-state index >= 15 is 0 Å². The zero-order valence-electron chi connectivity index (χ0n) is 14.9. The van der Waals surface area contributed by atoms with Gasteiger partial charge in [-0.15, -0.1) is 5.10 Å². The van der Waals surface area contributed by atoms with E-state index in [4.69, 9.17) is 11.6 Å². The van der Waals surface area contributed by atoms with Crippen molar-refractivity contribution in [2.75, 3.05) is 13.1 Å². The first-order valence-electron chi connectivity index (χ1n) is 8.88. The van der Waals surface area contributed by atoms with Crippen LogP contribution in [0.2, 0.25) is 5.02 Å². The molecule has 6 heteroatoms. The predicted octanol–water partition coefficient (Wildman–Crippen LogP) is 3.37. The van der Waals surface area contributed by atoms with Crippen molar-refractivity contribution in [3.05, 3.63) is 71.4 Å². The minimum absolute atomic E-state index is 0.246. The van der Waals surface area contributed by atoms with Gasteiger partial charge in [0.05, 0.1) is 12.7 Å². The number of hydrogen-bond acceptors (Lipinski definition) is 4. The molecule has 1 heterocycles. The maximum Gasteiger partial charge on any atom is 0.113 e. The van der Waals surface area contributed by atoms with Gasteiger partial charge in [-0.3, -0.25) is 4.68 Å². The molecule has 1 atom stereocenters. The van der Waals surface area contributed by atoms with Crippen LogP contribution < -0.4 is 10.6 Å². The Labute approximate surface area is 159 Å². The molecule has 0 aliphatic heterocycles. The monoisotopic (exact) mass is 369 g/mol. The van der Waals surface area contributed by atoms with E-state index in [9.17, 15) is 0 Å². The third kappa shape index (κ3) is 5.39. The number of nitrogens with one attached hydrogen (secondary N) is 2. The van der Waals surface area contributed by atoms with E-state index in [1.54, 1.807) is 0 Å². The second-order valence-corrected chi connectivity index (χ2v) is 6.64. The average Bonchev–Trinajstić information content (AvgIpc) is 3.14. The lowest BCUT2D eigenvalue weighted by molar-refractivity contribution is 0.401. The van der Waals surface area contributed by atoms with E-state index in [0.29, 0.717) is 0 Å². The molecule has 0 fully saturated rings.